The smallest absolute Gasteiger partial charge is 0.290 e. The van der Waals surface area contributed by atoms with Crippen molar-refractivity contribution in [3.05, 3.63) is 18.6 Å². The van der Waals surface area contributed by atoms with Crippen LogP contribution in [-0.4, -0.2) is 55.2 Å². The summed E-state index contributed by atoms with van der Waals surface area (Å²) >= 11 is 1.25. The van der Waals surface area contributed by atoms with E-state index in [1.807, 2.05) is 6.07 Å². The summed E-state index contributed by atoms with van der Waals surface area (Å²) in [7, 11) is 0. The highest BCUT2D eigenvalue weighted by Crippen LogP contribution is 2.20. The minimum Gasteiger partial charge on any atom is -0.483 e. The van der Waals surface area contributed by atoms with Gasteiger partial charge in [-0.3, -0.25) is 10.1 Å². The molecular weight excluding hydrogens is 308 g/mol. The Hall–Kier alpha value is -2.33. The van der Waals surface area contributed by atoms with E-state index in [0.717, 1.165) is 25.2 Å². The van der Waals surface area contributed by atoms with Gasteiger partial charge < -0.3 is 15.1 Å². The fourth-order valence-corrected chi connectivity index (χ4v) is 2.50. The molecule has 9 nitrogen and oxygen atoms in total. The molecule has 3 heterocycles. The number of β-amino-alcohol motifs (C(OH)–C–C–N with tert-alkyl or cyclic N) is 1. The first kappa shape index (κ1) is 16.0. The van der Waals surface area contributed by atoms with Crippen molar-refractivity contribution < 1.29 is 15.0 Å². The number of rotatable bonds is 3. The number of nitrogens with one attached hydrogen (secondary N) is 1. The summed E-state index contributed by atoms with van der Waals surface area (Å²) in [6, 6.07) is 1.85. The first-order chi connectivity index (χ1) is 10.7. The van der Waals surface area contributed by atoms with Crippen LogP contribution in [0.4, 0.5) is 16.9 Å². The van der Waals surface area contributed by atoms with E-state index in [9.17, 15) is 5.11 Å². The summed E-state index contributed by atoms with van der Waals surface area (Å²) in [5, 5.41) is 20.3. The standard InChI is InChI=1S/C11H14N6OS.CH2O2/c18-8-2-1-5-17(6-8)9-3-4-12-10(15-9)16-11-13-7-14-19-11;2-1-3/h3-4,7-8,18H,1-2,5-6H2,(H,12,13,14,15,16);1H,(H,2,3). The van der Waals surface area contributed by atoms with Crippen LogP contribution in [0.25, 0.3) is 0 Å². The number of hydrogen-bond donors (Lipinski definition) is 3. The van der Waals surface area contributed by atoms with Gasteiger partial charge in [0.2, 0.25) is 11.1 Å². The molecule has 10 heteroatoms. The molecule has 118 valence electrons. The molecule has 1 saturated heterocycles. The normalized spacial score (nSPS) is 17.3. The number of carbonyl (C=O) groups is 1. The number of aromatic nitrogens is 4. The number of aliphatic hydroxyl groups is 1. The Labute approximate surface area is 130 Å². The third kappa shape index (κ3) is 4.60. The Morgan fingerprint density at radius 3 is 2.95 bits per heavy atom. The van der Waals surface area contributed by atoms with Crippen LogP contribution in [-0.2, 0) is 4.79 Å². The molecule has 1 aliphatic heterocycles. The highest BCUT2D eigenvalue weighted by Gasteiger charge is 2.19. The van der Waals surface area contributed by atoms with E-state index in [1.165, 1.54) is 17.9 Å². The second-order valence-corrected chi connectivity index (χ2v) is 5.24. The van der Waals surface area contributed by atoms with E-state index in [2.05, 4.69) is 29.5 Å². The topological polar surface area (TPSA) is 124 Å². The highest BCUT2D eigenvalue weighted by atomic mass is 32.1. The van der Waals surface area contributed by atoms with Crippen LogP contribution in [0.5, 0.6) is 0 Å². The van der Waals surface area contributed by atoms with E-state index in [0.29, 0.717) is 17.6 Å². The summed E-state index contributed by atoms with van der Waals surface area (Å²) in [6.45, 7) is 1.28. The van der Waals surface area contributed by atoms with Crippen molar-refractivity contribution >= 4 is 34.9 Å². The zero-order valence-corrected chi connectivity index (χ0v) is 12.5. The van der Waals surface area contributed by atoms with Crippen molar-refractivity contribution in [2.24, 2.45) is 0 Å². The largest absolute Gasteiger partial charge is 0.483 e. The quantitative estimate of drug-likeness (QED) is 0.701. The maximum atomic E-state index is 9.70. The summed E-state index contributed by atoms with van der Waals surface area (Å²) < 4.78 is 3.91. The monoisotopic (exact) mass is 324 g/mol. The first-order valence-corrected chi connectivity index (χ1v) is 7.38. The molecular formula is C12H16N6O3S. The second kappa shape index (κ2) is 8.20. The molecule has 0 bridgehead atoms. The van der Waals surface area contributed by atoms with E-state index in [4.69, 9.17) is 9.90 Å². The van der Waals surface area contributed by atoms with E-state index in [-0.39, 0.29) is 12.6 Å². The number of aliphatic hydroxyl groups excluding tert-OH is 1. The molecule has 0 amide bonds. The Balaban J connectivity index is 0.000000545. The lowest BCUT2D eigenvalue weighted by atomic mass is 10.1. The molecule has 3 rings (SSSR count). The van der Waals surface area contributed by atoms with Crippen LogP contribution >= 0.6 is 11.5 Å². The van der Waals surface area contributed by atoms with E-state index in [1.54, 1.807) is 6.20 Å². The molecule has 2 aromatic rings. The van der Waals surface area contributed by atoms with Gasteiger partial charge in [0, 0.05) is 30.8 Å². The Morgan fingerprint density at radius 2 is 2.27 bits per heavy atom. The SMILES string of the molecule is O=CO.OC1CCCN(c2ccnc(Nc3ncns3)n2)C1. The van der Waals surface area contributed by atoms with Crippen molar-refractivity contribution in [1.82, 2.24) is 19.3 Å². The fourth-order valence-electron chi connectivity index (χ4n) is 2.07. The van der Waals surface area contributed by atoms with Gasteiger partial charge >= 0.3 is 0 Å². The summed E-state index contributed by atoms with van der Waals surface area (Å²) in [6.07, 6.45) is 4.75. The number of anilines is 3. The van der Waals surface area contributed by atoms with Crippen molar-refractivity contribution in [2.75, 3.05) is 23.3 Å². The first-order valence-electron chi connectivity index (χ1n) is 6.60. The van der Waals surface area contributed by atoms with Gasteiger partial charge in [0.1, 0.15) is 12.1 Å². The molecule has 1 atom stereocenters. The van der Waals surface area contributed by atoms with Gasteiger partial charge in [-0.25, -0.2) is 9.97 Å². The molecule has 1 unspecified atom stereocenters. The van der Waals surface area contributed by atoms with Gasteiger partial charge in [-0.05, 0) is 18.9 Å². The lowest BCUT2D eigenvalue weighted by molar-refractivity contribution is -0.122. The maximum absolute atomic E-state index is 9.70. The molecule has 2 aromatic heterocycles. The molecule has 0 radical (unpaired) electrons. The number of nitrogens with zero attached hydrogens (tertiary/aromatic N) is 5. The summed E-state index contributed by atoms with van der Waals surface area (Å²) in [5.74, 6) is 1.31. The molecule has 0 aliphatic carbocycles. The zero-order chi connectivity index (χ0) is 15.8. The van der Waals surface area contributed by atoms with Gasteiger partial charge in [0.05, 0.1) is 6.10 Å². The van der Waals surface area contributed by atoms with E-state index >= 15 is 0 Å². The van der Waals surface area contributed by atoms with Crippen molar-refractivity contribution in [3.8, 4) is 0 Å². The Kier molecular flexibility index (Phi) is 5.98. The molecule has 0 spiro atoms. The summed E-state index contributed by atoms with van der Waals surface area (Å²) in [4.78, 5) is 23.1. The van der Waals surface area contributed by atoms with Crippen LogP contribution in [0, 0.1) is 0 Å². The highest BCUT2D eigenvalue weighted by molar-refractivity contribution is 7.09. The molecule has 1 fully saturated rings. The van der Waals surface area contributed by atoms with Crippen LogP contribution < -0.4 is 10.2 Å². The lowest BCUT2D eigenvalue weighted by Gasteiger charge is -2.30. The molecule has 1 aliphatic rings. The average molecular weight is 324 g/mol. The number of piperidine rings is 1. The molecule has 3 N–H and O–H groups in total. The third-order valence-electron chi connectivity index (χ3n) is 2.94. The number of hydrogen-bond acceptors (Lipinski definition) is 9. The van der Waals surface area contributed by atoms with Crippen LogP contribution in [0.2, 0.25) is 0 Å². The van der Waals surface area contributed by atoms with Gasteiger partial charge in [-0.1, -0.05) is 0 Å². The third-order valence-corrected chi connectivity index (χ3v) is 3.52. The molecule has 22 heavy (non-hydrogen) atoms. The fraction of sp³-hybridized carbons (Fsp3) is 0.417. The predicted molar refractivity (Wildman–Crippen MR) is 81.4 cm³/mol. The van der Waals surface area contributed by atoms with Gasteiger partial charge in [0.25, 0.3) is 6.47 Å². The minimum atomic E-state index is -0.275. The maximum Gasteiger partial charge on any atom is 0.290 e. The van der Waals surface area contributed by atoms with Gasteiger partial charge in [0.15, 0.2) is 0 Å². The lowest BCUT2D eigenvalue weighted by Crippen LogP contribution is -2.38. The van der Waals surface area contributed by atoms with Crippen LogP contribution in [0.15, 0.2) is 18.6 Å². The van der Waals surface area contributed by atoms with Gasteiger partial charge in [-0.2, -0.15) is 9.36 Å². The second-order valence-electron chi connectivity index (χ2n) is 4.46. The van der Waals surface area contributed by atoms with Crippen molar-refractivity contribution in [2.45, 2.75) is 18.9 Å². The number of carboxylic acid groups (broad SMARTS) is 1. The van der Waals surface area contributed by atoms with Gasteiger partial charge in [-0.15, -0.1) is 0 Å². The van der Waals surface area contributed by atoms with E-state index < -0.39 is 0 Å². The van der Waals surface area contributed by atoms with Crippen molar-refractivity contribution in [3.63, 3.8) is 0 Å². The van der Waals surface area contributed by atoms with Crippen LogP contribution in [0.3, 0.4) is 0 Å². The molecule has 0 aromatic carbocycles. The Bertz CT molecular complexity index is 582. The zero-order valence-electron chi connectivity index (χ0n) is 11.7. The minimum absolute atomic E-state index is 0.250. The Morgan fingerprint density at radius 1 is 1.45 bits per heavy atom. The average Bonchev–Trinajstić information content (AvgIpc) is 3.01. The molecule has 0 saturated carbocycles. The van der Waals surface area contributed by atoms with Crippen LogP contribution in [0.1, 0.15) is 12.8 Å². The predicted octanol–water partition coefficient (Wildman–Crippen LogP) is 0.734. The summed E-state index contributed by atoms with van der Waals surface area (Å²) in [5.41, 5.74) is 0. The van der Waals surface area contributed by atoms with Crippen molar-refractivity contribution in [1.29, 1.82) is 0 Å².